The number of methoxy groups -OCH3 is 2. The summed E-state index contributed by atoms with van der Waals surface area (Å²) in [5, 5.41) is 0. The van der Waals surface area contributed by atoms with Gasteiger partial charge in [-0.15, -0.1) is 0 Å². The number of H-pyrrole nitrogens is 1. The van der Waals surface area contributed by atoms with Gasteiger partial charge in [-0.25, -0.2) is 36.0 Å². The van der Waals surface area contributed by atoms with E-state index in [4.69, 9.17) is 28.4 Å². The van der Waals surface area contributed by atoms with Crippen molar-refractivity contribution in [1.29, 1.82) is 0 Å². The first-order valence-electron chi connectivity index (χ1n) is 20.6. The van der Waals surface area contributed by atoms with E-state index in [1.165, 1.54) is 64.3 Å². The van der Waals surface area contributed by atoms with Crippen molar-refractivity contribution in [1.82, 2.24) is 18.7 Å². The van der Waals surface area contributed by atoms with Crippen molar-refractivity contribution in [2.75, 3.05) is 58.1 Å². The maximum Gasteiger partial charge on any atom is 0.338 e. The number of ether oxygens (including phenoxy) is 6. The molecule has 1 N–H and O–H groups in total. The predicted molar refractivity (Wildman–Crippen MR) is 244 cm³/mol. The second-order valence-corrected chi connectivity index (χ2v) is 19.9. The highest BCUT2D eigenvalue weighted by atomic mass is 32.2. The van der Waals surface area contributed by atoms with Crippen LogP contribution in [-0.2, 0) is 35.7 Å². The maximum atomic E-state index is 14.8. The van der Waals surface area contributed by atoms with Gasteiger partial charge in [-0.3, -0.25) is 13.7 Å². The standard InChI is InChI=1S/C45H52N4O14S2/c1-9-60-40-23-29(14-17-38(40)58-5)37(26-65(8,56)57)49-35-22-31(43(51)63-27(3)4)12-16-33(35)47(45(49)53)19-20-62-41-24-28(13-18-39(41)59-6)36(25-64(7,54)55)48-34-21-30(42(50)61-10-2)11-15-32(34)46-44(48)52/h11-18,21-24,27,36-37H,9-10,19-20,25-26H2,1-8H3,(H,46,52). The number of fused-ring (bicyclic) bond motifs is 2. The average Bonchev–Trinajstić information content (AvgIpc) is 3.71. The number of hydrogen-bond donors (Lipinski definition) is 1. The Balaban J connectivity index is 1.44. The highest BCUT2D eigenvalue weighted by Crippen LogP contribution is 2.35. The molecule has 6 rings (SSSR count). The molecule has 0 bridgehead atoms. The average molecular weight is 937 g/mol. The number of sulfone groups is 2. The molecule has 6 aromatic rings. The Labute approximate surface area is 375 Å². The molecule has 0 aliphatic carbocycles. The van der Waals surface area contributed by atoms with Crippen molar-refractivity contribution in [2.24, 2.45) is 0 Å². The van der Waals surface area contributed by atoms with Crippen molar-refractivity contribution in [3.8, 4) is 23.0 Å². The number of carbonyl (C=O) groups is 2. The fourth-order valence-corrected chi connectivity index (χ4v) is 9.45. The molecule has 0 aliphatic heterocycles. The van der Waals surface area contributed by atoms with E-state index in [1.54, 1.807) is 64.1 Å². The zero-order valence-corrected chi connectivity index (χ0v) is 38.9. The normalized spacial score (nSPS) is 12.9. The second-order valence-electron chi connectivity index (χ2n) is 15.5. The minimum atomic E-state index is -3.76. The van der Waals surface area contributed by atoms with Gasteiger partial charge in [-0.1, -0.05) is 12.1 Å². The van der Waals surface area contributed by atoms with Crippen LogP contribution in [0.25, 0.3) is 22.1 Å². The van der Waals surface area contributed by atoms with Gasteiger partial charge >= 0.3 is 23.3 Å². The lowest BCUT2D eigenvalue weighted by Crippen LogP contribution is -2.32. The molecule has 2 heterocycles. The summed E-state index contributed by atoms with van der Waals surface area (Å²) in [6.45, 7) is 6.98. The molecule has 348 valence electrons. The molecular formula is C45H52N4O14S2. The molecule has 2 aromatic heterocycles. The molecule has 2 unspecified atom stereocenters. The Morgan fingerprint density at radius 1 is 0.646 bits per heavy atom. The predicted octanol–water partition coefficient (Wildman–Crippen LogP) is 4.95. The summed E-state index contributed by atoms with van der Waals surface area (Å²) in [6, 6.07) is 16.4. The summed E-state index contributed by atoms with van der Waals surface area (Å²) in [6.07, 6.45) is 1.66. The van der Waals surface area contributed by atoms with E-state index in [0.717, 1.165) is 12.5 Å². The molecule has 0 spiro atoms. The van der Waals surface area contributed by atoms with Crippen molar-refractivity contribution in [3.05, 3.63) is 116 Å². The van der Waals surface area contributed by atoms with Gasteiger partial charge in [0, 0.05) is 12.5 Å². The molecule has 0 saturated heterocycles. The van der Waals surface area contributed by atoms with Crippen LogP contribution < -0.4 is 30.3 Å². The van der Waals surface area contributed by atoms with E-state index in [-0.39, 0.29) is 60.0 Å². The van der Waals surface area contributed by atoms with E-state index < -0.39 is 72.7 Å². The molecule has 0 saturated carbocycles. The van der Waals surface area contributed by atoms with Crippen LogP contribution >= 0.6 is 0 Å². The number of imidazole rings is 2. The topological polar surface area (TPSA) is 223 Å². The van der Waals surface area contributed by atoms with Crippen LogP contribution in [0.3, 0.4) is 0 Å². The van der Waals surface area contributed by atoms with Gasteiger partial charge in [0.15, 0.2) is 23.0 Å². The van der Waals surface area contributed by atoms with Gasteiger partial charge in [-0.2, -0.15) is 0 Å². The first-order valence-corrected chi connectivity index (χ1v) is 24.7. The van der Waals surface area contributed by atoms with E-state index in [9.17, 15) is 36.0 Å². The van der Waals surface area contributed by atoms with Crippen LogP contribution in [0.5, 0.6) is 23.0 Å². The zero-order valence-electron chi connectivity index (χ0n) is 37.3. The fraction of sp³-hybridized carbons (Fsp3) is 0.378. The molecule has 20 heteroatoms. The van der Waals surface area contributed by atoms with Crippen LogP contribution in [0.15, 0.2) is 82.4 Å². The van der Waals surface area contributed by atoms with Crippen molar-refractivity contribution in [2.45, 2.75) is 52.4 Å². The molecule has 0 amide bonds. The van der Waals surface area contributed by atoms with E-state index in [2.05, 4.69) is 4.98 Å². The van der Waals surface area contributed by atoms with Crippen molar-refractivity contribution in [3.63, 3.8) is 0 Å². The molecule has 0 aliphatic rings. The molecule has 0 fully saturated rings. The van der Waals surface area contributed by atoms with E-state index >= 15 is 0 Å². The number of nitrogens with one attached hydrogen (secondary N) is 1. The van der Waals surface area contributed by atoms with Gasteiger partial charge < -0.3 is 33.4 Å². The molecule has 18 nitrogen and oxygen atoms in total. The summed E-state index contributed by atoms with van der Waals surface area (Å²) in [4.78, 5) is 56.9. The lowest BCUT2D eigenvalue weighted by Gasteiger charge is -2.21. The van der Waals surface area contributed by atoms with E-state index in [1.807, 2.05) is 0 Å². The third-order valence-electron chi connectivity index (χ3n) is 10.3. The number of rotatable bonds is 20. The first kappa shape index (κ1) is 47.9. The molecule has 4 aromatic carbocycles. The largest absolute Gasteiger partial charge is 0.493 e. The minimum Gasteiger partial charge on any atom is -0.493 e. The number of benzene rings is 4. The van der Waals surface area contributed by atoms with Crippen LogP contribution in [0.4, 0.5) is 0 Å². The third-order valence-corrected chi connectivity index (χ3v) is 12.2. The van der Waals surface area contributed by atoms with Gasteiger partial charge in [0.05, 0.1) is 96.9 Å². The number of carbonyl (C=O) groups excluding carboxylic acids is 2. The third kappa shape index (κ3) is 10.9. The Bertz CT molecular complexity index is 3090. The first-order chi connectivity index (χ1) is 30.8. The summed E-state index contributed by atoms with van der Waals surface area (Å²) in [5.41, 5.74) is 1.05. The highest BCUT2D eigenvalue weighted by molar-refractivity contribution is 7.90. The number of aromatic amines is 1. The SMILES string of the molecule is CCOC(=O)c1ccc2[nH]c(=O)n(C(CS(C)(=O)=O)c3ccc(OC)c(OCCn4c(=O)n(C(CS(C)(=O)=O)c5ccc(OC)c(OCC)c5)c5cc(C(=O)OC(C)C)ccc54)c3)c2c1. The summed E-state index contributed by atoms with van der Waals surface area (Å²) < 4.78 is 89.8. The van der Waals surface area contributed by atoms with E-state index in [0.29, 0.717) is 33.7 Å². The van der Waals surface area contributed by atoms with Gasteiger partial charge in [0.1, 0.15) is 26.3 Å². The second kappa shape index (κ2) is 19.7. The molecular weight excluding hydrogens is 885 g/mol. The lowest BCUT2D eigenvalue weighted by atomic mass is 10.1. The Morgan fingerprint density at radius 3 is 1.75 bits per heavy atom. The number of nitrogens with zero attached hydrogens (tertiary/aromatic N) is 3. The summed E-state index contributed by atoms with van der Waals surface area (Å²) >= 11 is 0. The number of aromatic nitrogens is 4. The van der Waals surface area contributed by atoms with Gasteiger partial charge in [-0.05, 0) is 99.5 Å². The van der Waals surface area contributed by atoms with Crippen molar-refractivity contribution >= 4 is 53.7 Å². The van der Waals surface area contributed by atoms with Gasteiger partial charge in [0.25, 0.3) is 0 Å². The highest BCUT2D eigenvalue weighted by Gasteiger charge is 2.29. The molecule has 65 heavy (non-hydrogen) atoms. The smallest absolute Gasteiger partial charge is 0.338 e. The van der Waals surface area contributed by atoms with Crippen LogP contribution in [0.2, 0.25) is 0 Å². The Hall–Kier alpha value is -6.54. The Kier molecular flexibility index (Phi) is 14.5. The number of hydrogen-bond acceptors (Lipinski definition) is 14. The summed E-state index contributed by atoms with van der Waals surface area (Å²) in [5.74, 6) is -1.13. The zero-order chi connectivity index (χ0) is 47.4. The fourth-order valence-electron chi connectivity index (χ4n) is 7.62. The molecule has 0 radical (unpaired) electrons. The maximum absolute atomic E-state index is 14.8. The minimum absolute atomic E-state index is 0.102. The monoisotopic (exact) mass is 936 g/mol. The van der Waals surface area contributed by atoms with Crippen LogP contribution in [0, 0.1) is 0 Å². The number of esters is 2. The summed E-state index contributed by atoms with van der Waals surface area (Å²) in [7, 11) is -4.62. The Morgan fingerprint density at radius 2 is 1.20 bits per heavy atom. The quantitative estimate of drug-likeness (QED) is 0.100. The van der Waals surface area contributed by atoms with Crippen LogP contribution in [0.1, 0.15) is 71.6 Å². The van der Waals surface area contributed by atoms with Crippen LogP contribution in [-0.4, -0.2) is 112 Å². The van der Waals surface area contributed by atoms with Crippen molar-refractivity contribution < 1.29 is 54.8 Å². The molecule has 2 atom stereocenters. The van der Waals surface area contributed by atoms with Gasteiger partial charge in [0.2, 0.25) is 0 Å². The lowest BCUT2D eigenvalue weighted by molar-refractivity contribution is 0.0377.